The summed E-state index contributed by atoms with van der Waals surface area (Å²) in [5.41, 5.74) is 1.13. The van der Waals surface area contributed by atoms with E-state index in [1.807, 2.05) is 18.2 Å². The van der Waals surface area contributed by atoms with Crippen LogP contribution in [-0.2, 0) is 11.3 Å². The molecule has 1 aliphatic heterocycles. The summed E-state index contributed by atoms with van der Waals surface area (Å²) in [6, 6.07) is 8.51. The van der Waals surface area contributed by atoms with Crippen molar-refractivity contribution in [1.29, 1.82) is 0 Å². The lowest BCUT2D eigenvalue weighted by Gasteiger charge is -2.37. The average molecular weight is 363 g/mol. The van der Waals surface area contributed by atoms with Crippen LogP contribution in [0.15, 0.2) is 29.3 Å². The fourth-order valence-electron chi connectivity index (χ4n) is 3.18. The summed E-state index contributed by atoms with van der Waals surface area (Å²) in [5, 5.41) is 6.87. The molecule has 1 heterocycles. The first-order valence-electron chi connectivity index (χ1n) is 9.61. The third kappa shape index (κ3) is 6.50. The van der Waals surface area contributed by atoms with Gasteiger partial charge in [-0.25, -0.2) is 4.99 Å². The fraction of sp³-hybridized carbons (Fsp3) is 0.650. The number of nitrogens with zero attached hydrogens (tertiary/aromatic N) is 2. The van der Waals surface area contributed by atoms with Crippen LogP contribution in [0.1, 0.15) is 26.3 Å². The maximum absolute atomic E-state index is 5.49. The van der Waals surface area contributed by atoms with Gasteiger partial charge in [-0.1, -0.05) is 26.0 Å². The molecule has 6 nitrogen and oxygen atoms in total. The number of nitrogens with one attached hydrogen (secondary N) is 2. The van der Waals surface area contributed by atoms with Crippen molar-refractivity contribution in [2.24, 2.45) is 10.9 Å². The van der Waals surface area contributed by atoms with Gasteiger partial charge in [-0.15, -0.1) is 0 Å². The van der Waals surface area contributed by atoms with E-state index in [4.69, 9.17) is 14.5 Å². The quantitative estimate of drug-likeness (QED) is 0.548. The highest BCUT2D eigenvalue weighted by Crippen LogP contribution is 2.14. The Hall–Kier alpha value is -1.79. The van der Waals surface area contributed by atoms with Crippen molar-refractivity contribution in [2.45, 2.75) is 33.4 Å². The van der Waals surface area contributed by atoms with Gasteiger partial charge in [0.2, 0.25) is 0 Å². The fourth-order valence-corrected chi connectivity index (χ4v) is 3.18. The van der Waals surface area contributed by atoms with E-state index in [-0.39, 0.29) is 0 Å². The third-order valence-electron chi connectivity index (χ3n) is 4.66. The van der Waals surface area contributed by atoms with Crippen molar-refractivity contribution < 1.29 is 9.47 Å². The third-order valence-corrected chi connectivity index (χ3v) is 4.66. The molecule has 1 atom stereocenters. The molecular formula is C20H34N4O2. The van der Waals surface area contributed by atoms with E-state index in [0.717, 1.165) is 56.7 Å². The molecule has 0 amide bonds. The predicted molar refractivity (Wildman–Crippen MR) is 107 cm³/mol. The van der Waals surface area contributed by atoms with Crippen LogP contribution in [0.4, 0.5) is 0 Å². The molecule has 0 radical (unpaired) electrons. The predicted octanol–water partition coefficient (Wildman–Crippen LogP) is 2.11. The Bertz CT molecular complexity index is 556. The first-order valence-corrected chi connectivity index (χ1v) is 9.61. The molecule has 0 spiro atoms. The normalized spacial score (nSPS) is 17.2. The van der Waals surface area contributed by atoms with Gasteiger partial charge in [-0.2, -0.15) is 0 Å². The monoisotopic (exact) mass is 362 g/mol. The maximum Gasteiger partial charge on any atom is 0.191 e. The zero-order valence-corrected chi connectivity index (χ0v) is 16.6. The van der Waals surface area contributed by atoms with Gasteiger partial charge in [0.25, 0.3) is 0 Å². The molecule has 0 aliphatic carbocycles. The van der Waals surface area contributed by atoms with Crippen molar-refractivity contribution in [2.75, 3.05) is 46.5 Å². The van der Waals surface area contributed by atoms with Crippen LogP contribution in [0.5, 0.6) is 5.75 Å². The van der Waals surface area contributed by atoms with Crippen LogP contribution < -0.4 is 15.4 Å². The molecule has 1 saturated heterocycles. The van der Waals surface area contributed by atoms with Crippen LogP contribution in [0.2, 0.25) is 0 Å². The Balaban J connectivity index is 1.96. The number of methoxy groups -OCH3 is 1. The largest absolute Gasteiger partial charge is 0.497 e. The summed E-state index contributed by atoms with van der Waals surface area (Å²) < 4.78 is 10.8. The van der Waals surface area contributed by atoms with Crippen LogP contribution >= 0.6 is 0 Å². The Labute approximate surface area is 158 Å². The standard InChI is InChI=1S/C20H34N4O2/c1-5-21-20(22-14-17-7-6-8-18(13-17)25-4)23-15-19(16(2)3)24-9-11-26-12-10-24/h6-8,13,16,19H,5,9-12,14-15H2,1-4H3,(H2,21,22,23). The maximum atomic E-state index is 5.49. The molecule has 1 unspecified atom stereocenters. The van der Waals surface area contributed by atoms with E-state index in [0.29, 0.717) is 18.5 Å². The van der Waals surface area contributed by atoms with Gasteiger partial charge >= 0.3 is 0 Å². The summed E-state index contributed by atoms with van der Waals surface area (Å²) in [6.45, 7) is 12.6. The Morgan fingerprint density at radius 2 is 2.04 bits per heavy atom. The van der Waals surface area contributed by atoms with E-state index < -0.39 is 0 Å². The molecule has 6 heteroatoms. The lowest BCUT2D eigenvalue weighted by atomic mass is 10.0. The van der Waals surface area contributed by atoms with Crippen LogP contribution in [0.3, 0.4) is 0 Å². The topological polar surface area (TPSA) is 58.1 Å². The molecule has 2 N–H and O–H groups in total. The number of rotatable bonds is 8. The Morgan fingerprint density at radius 3 is 2.69 bits per heavy atom. The minimum Gasteiger partial charge on any atom is -0.497 e. The van der Waals surface area contributed by atoms with Crippen molar-refractivity contribution in [3.8, 4) is 5.75 Å². The number of aliphatic imine (C=N–C) groups is 1. The minimum absolute atomic E-state index is 0.472. The Kier molecular flexibility index (Phi) is 8.71. The van der Waals surface area contributed by atoms with Gasteiger partial charge in [-0.05, 0) is 30.5 Å². The number of hydrogen-bond acceptors (Lipinski definition) is 4. The molecule has 26 heavy (non-hydrogen) atoms. The number of morpholine rings is 1. The molecule has 0 bridgehead atoms. The van der Waals surface area contributed by atoms with Crippen LogP contribution in [0.25, 0.3) is 0 Å². The smallest absolute Gasteiger partial charge is 0.191 e. The lowest BCUT2D eigenvalue weighted by Crippen LogP contribution is -2.52. The minimum atomic E-state index is 0.472. The van der Waals surface area contributed by atoms with E-state index in [9.17, 15) is 0 Å². The summed E-state index contributed by atoms with van der Waals surface area (Å²) >= 11 is 0. The van der Waals surface area contributed by atoms with Crippen molar-refractivity contribution in [3.05, 3.63) is 29.8 Å². The number of guanidine groups is 1. The van der Waals surface area contributed by atoms with Gasteiger partial charge in [0.15, 0.2) is 5.96 Å². The molecule has 1 aliphatic rings. The second-order valence-corrected chi connectivity index (χ2v) is 6.89. The van der Waals surface area contributed by atoms with Crippen molar-refractivity contribution in [3.63, 3.8) is 0 Å². The van der Waals surface area contributed by atoms with Crippen LogP contribution in [0, 0.1) is 5.92 Å². The molecule has 1 aromatic carbocycles. The first kappa shape index (κ1) is 20.5. The first-order chi connectivity index (χ1) is 12.6. The number of hydrogen-bond donors (Lipinski definition) is 2. The van der Waals surface area contributed by atoms with E-state index in [2.05, 4.69) is 42.4 Å². The van der Waals surface area contributed by atoms with E-state index in [1.165, 1.54) is 0 Å². The molecule has 0 aromatic heterocycles. The van der Waals surface area contributed by atoms with Gasteiger partial charge in [0.1, 0.15) is 5.75 Å². The van der Waals surface area contributed by atoms with Gasteiger partial charge in [0, 0.05) is 32.2 Å². The molecule has 146 valence electrons. The summed E-state index contributed by atoms with van der Waals surface area (Å²) in [6.07, 6.45) is 0. The van der Waals surface area contributed by atoms with Crippen LogP contribution in [-0.4, -0.2) is 63.4 Å². The molecular weight excluding hydrogens is 328 g/mol. The summed E-state index contributed by atoms with van der Waals surface area (Å²) in [5.74, 6) is 2.29. The molecule has 1 fully saturated rings. The number of ether oxygens (including phenoxy) is 2. The molecule has 2 rings (SSSR count). The second-order valence-electron chi connectivity index (χ2n) is 6.89. The van der Waals surface area contributed by atoms with Crippen molar-refractivity contribution in [1.82, 2.24) is 15.5 Å². The summed E-state index contributed by atoms with van der Waals surface area (Å²) in [4.78, 5) is 7.25. The highest BCUT2D eigenvalue weighted by atomic mass is 16.5. The average Bonchev–Trinajstić information content (AvgIpc) is 2.67. The van der Waals surface area contributed by atoms with Gasteiger partial charge < -0.3 is 20.1 Å². The van der Waals surface area contributed by atoms with Gasteiger partial charge in [0.05, 0.1) is 26.9 Å². The number of benzene rings is 1. The molecule has 1 aromatic rings. The summed E-state index contributed by atoms with van der Waals surface area (Å²) in [7, 11) is 1.69. The van der Waals surface area contributed by atoms with E-state index in [1.54, 1.807) is 7.11 Å². The van der Waals surface area contributed by atoms with Crippen molar-refractivity contribution >= 4 is 5.96 Å². The van der Waals surface area contributed by atoms with Gasteiger partial charge in [-0.3, -0.25) is 4.90 Å². The molecule has 0 saturated carbocycles. The highest BCUT2D eigenvalue weighted by molar-refractivity contribution is 5.79. The SMILES string of the molecule is CCNC(=NCc1cccc(OC)c1)NCC(C(C)C)N1CCOCC1. The van der Waals surface area contributed by atoms with E-state index >= 15 is 0 Å². The zero-order chi connectivity index (χ0) is 18.8. The zero-order valence-electron chi connectivity index (χ0n) is 16.6. The second kappa shape index (κ2) is 11.0. The highest BCUT2D eigenvalue weighted by Gasteiger charge is 2.23. The lowest BCUT2D eigenvalue weighted by molar-refractivity contribution is 0.00752. The Morgan fingerprint density at radius 1 is 1.27 bits per heavy atom.